The van der Waals surface area contributed by atoms with Crippen molar-refractivity contribution in [3.8, 4) is 23.0 Å². The van der Waals surface area contributed by atoms with Crippen molar-refractivity contribution in [2.24, 2.45) is 5.73 Å². The number of carboxylic acid groups (broad SMARTS) is 1. The number of aromatic nitrogens is 1. The lowest BCUT2D eigenvalue weighted by Crippen LogP contribution is -2.56. The van der Waals surface area contributed by atoms with Crippen LogP contribution in [0.1, 0.15) is 74.5 Å². The molecule has 4 aromatic rings. The van der Waals surface area contributed by atoms with E-state index in [0.29, 0.717) is 30.4 Å². The highest BCUT2D eigenvalue weighted by Crippen LogP contribution is 2.27. The maximum Gasteiger partial charge on any atom is 0.305 e. The number of aromatic amines is 1. The average molecular weight is 1620 g/mol. The van der Waals surface area contributed by atoms with Crippen LogP contribution in [0.25, 0.3) is 10.9 Å². The molecule has 0 spiro atoms. The van der Waals surface area contributed by atoms with E-state index in [1.54, 1.807) is 0 Å². The molecule has 632 valence electrons. The molecule has 0 saturated heterocycles. The van der Waals surface area contributed by atoms with Gasteiger partial charge in [-0.1, -0.05) is 30.3 Å². The Morgan fingerprint density at radius 3 is 1.48 bits per heavy atom. The van der Waals surface area contributed by atoms with Crippen LogP contribution in [-0.4, -0.2) is 298 Å². The lowest BCUT2D eigenvalue weighted by atomic mass is 10.0. The van der Waals surface area contributed by atoms with Crippen molar-refractivity contribution in [1.82, 2.24) is 57.7 Å². The van der Waals surface area contributed by atoms with Crippen molar-refractivity contribution in [2.45, 2.75) is 107 Å². The molecular formula is C75H104N12O28. The number of phenols is 4. The van der Waals surface area contributed by atoms with E-state index in [4.69, 9.17) is 43.6 Å². The average Bonchev–Trinajstić information content (AvgIpc) is 1.75. The molecule has 40 nitrogen and oxygen atoms in total. The summed E-state index contributed by atoms with van der Waals surface area (Å²) in [6.07, 6.45) is 4.27. The number of H-pyrrole nitrogens is 1. The van der Waals surface area contributed by atoms with Gasteiger partial charge in [-0.15, -0.1) is 0 Å². The Kier molecular flexibility index (Phi) is 44.1. The molecule has 5 rings (SSSR count). The number of hydrogen-bond acceptors (Lipinski definition) is 27. The number of aliphatic hydroxyl groups is 1. The summed E-state index contributed by atoms with van der Waals surface area (Å²) < 4.78 is 43.2. The minimum absolute atomic E-state index is 0.00414. The Labute approximate surface area is 661 Å². The van der Waals surface area contributed by atoms with E-state index < -0.39 is 145 Å². The van der Waals surface area contributed by atoms with E-state index in [9.17, 15) is 97.8 Å². The van der Waals surface area contributed by atoms with E-state index >= 15 is 0 Å². The van der Waals surface area contributed by atoms with Gasteiger partial charge in [-0.25, -0.2) is 0 Å². The number of carbonyl (C=O) groups is 14. The molecule has 0 radical (unpaired) electrons. The van der Waals surface area contributed by atoms with Gasteiger partial charge in [0.1, 0.15) is 56.6 Å². The van der Waals surface area contributed by atoms with Crippen LogP contribution < -0.4 is 53.6 Å². The zero-order valence-corrected chi connectivity index (χ0v) is 63.6. The van der Waals surface area contributed by atoms with Crippen LogP contribution in [0.2, 0.25) is 0 Å². The van der Waals surface area contributed by atoms with E-state index in [2.05, 4.69) is 52.8 Å². The first-order valence-electron chi connectivity index (χ1n) is 37.2. The summed E-state index contributed by atoms with van der Waals surface area (Å²) in [5, 5.41) is 82.7. The second-order valence-corrected chi connectivity index (χ2v) is 25.9. The van der Waals surface area contributed by atoms with Gasteiger partial charge >= 0.3 is 5.97 Å². The summed E-state index contributed by atoms with van der Waals surface area (Å²) in [5.74, 6) is -11.3. The number of primary amides is 1. The number of carboxylic acids is 1. The number of para-hydroxylation sites is 1. The van der Waals surface area contributed by atoms with Crippen LogP contribution in [0.3, 0.4) is 0 Å². The standard InChI is InChI=1S/C75H104N12O28/c76-72(104)54(37-48-13-15-59(90)61(92)39-48)83-67(98)46-114-35-31-109-26-22-79-66(97)45-113-34-30-111-28-23-80-73(105)55(38-49-14-16-60(91)62(93)40-49)84-68(99)47-115-36-32-110-27-21-78-65(96)44-112-33-29-108-25-6-11-58(89)57(43-88)86-75(107)56(41-71(102)103)85-74(106)53(10-3-4-20-77-63(94)19-24-87-69(100)17-18-70(87)101)82-64(95)12-5-7-50-42-81-52-9-2-1-8-51(50)52/h1-2,8-9,13-18,39-40,42,53-57,81,88,90-93H,3-7,10-12,19-38,41,43-47H2,(H2,76,104)(H,77,94)(H,78,96)(H,79,97)(H,80,105)(H,82,95)(H,83,98)(H,84,99)(H,85,106)(H,86,107)(H,102,103)/t53-,54?,55?,56+,57+/m1/s1. The Morgan fingerprint density at radius 1 is 0.443 bits per heavy atom. The third-order valence-corrected chi connectivity index (χ3v) is 16.9. The van der Waals surface area contributed by atoms with Crippen molar-refractivity contribution in [1.29, 1.82) is 0 Å². The predicted octanol–water partition coefficient (Wildman–Crippen LogP) is -3.39. The molecule has 1 aliphatic heterocycles. The van der Waals surface area contributed by atoms with E-state index in [0.717, 1.165) is 33.5 Å². The van der Waals surface area contributed by atoms with Crippen LogP contribution in [0, 0.1) is 0 Å². The summed E-state index contributed by atoms with van der Waals surface area (Å²) in [5.41, 5.74) is 8.16. The highest BCUT2D eigenvalue weighted by Gasteiger charge is 2.32. The summed E-state index contributed by atoms with van der Waals surface area (Å²) in [7, 11) is 0. The molecule has 2 heterocycles. The number of fused-ring (bicyclic) bond motifs is 1. The van der Waals surface area contributed by atoms with E-state index in [1.165, 1.54) is 36.4 Å². The minimum Gasteiger partial charge on any atom is -0.504 e. The number of carbonyl (C=O) groups excluding carboxylic acids is 13. The fourth-order valence-corrected chi connectivity index (χ4v) is 11.0. The number of rotatable bonds is 62. The molecule has 5 atom stereocenters. The molecule has 2 unspecified atom stereocenters. The summed E-state index contributed by atoms with van der Waals surface area (Å²) in [6, 6.07) is 8.75. The summed E-state index contributed by atoms with van der Waals surface area (Å²) in [4.78, 5) is 181. The molecule has 18 N–H and O–H groups in total. The van der Waals surface area contributed by atoms with Gasteiger partial charge in [-0.2, -0.15) is 0 Å². The molecule has 0 aliphatic carbocycles. The molecule has 0 fully saturated rings. The SMILES string of the molecule is NC(=O)C(Cc1ccc(O)c(O)c1)NC(=O)COCCOCCNC(=O)COCCOCCNC(=O)C(Cc1ccc(O)c(O)c1)NC(=O)COCCOCCNC(=O)COCCOCCCC(=O)[C@H](CO)NC(=O)[C@H](CC(=O)O)NC(=O)[C@@H](CCCCNC(=O)CCN1C(=O)C=CC1=O)NC(=O)CCCc1c[nH]c2ccccc12. The highest BCUT2D eigenvalue weighted by molar-refractivity contribution is 6.13. The first-order chi connectivity index (χ1) is 55.3. The van der Waals surface area contributed by atoms with Gasteiger partial charge in [0.2, 0.25) is 59.1 Å². The number of imide groups is 1. The maximum atomic E-state index is 13.8. The number of aryl methyl sites for hydroxylation is 1. The fraction of sp³-hybridized carbons (Fsp3) is 0.520. The molecular weight excluding hydrogens is 1520 g/mol. The van der Waals surface area contributed by atoms with Gasteiger partial charge in [-0.3, -0.25) is 72.0 Å². The van der Waals surface area contributed by atoms with Crippen LogP contribution in [0.15, 0.2) is 79.0 Å². The number of unbranched alkanes of at least 4 members (excludes halogenated alkanes) is 1. The number of nitrogens with one attached hydrogen (secondary N) is 10. The van der Waals surface area contributed by atoms with E-state index in [1.807, 2.05) is 30.5 Å². The van der Waals surface area contributed by atoms with Crippen molar-refractivity contribution in [2.75, 3.05) is 145 Å². The third-order valence-electron chi connectivity index (χ3n) is 16.9. The Bertz CT molecular complexity index is 3860. The van der Waals surface area contributed by atoms with Gasteiger partial charge in [0.05, 0.1) is 85.7 Å². The molecule has 40 heteroatoms. The Hall–Kier alpha value is -11.2. The molecule has 1 aliphatic rings. The van der Waals surface area contributed by atoms with Crippen LogP contribution in [-0.2, 0) is 124 Å². The van der Waals surface area contributed by atoms with Crippen LogP contribution in [0.5, 0.6) is 23.0 Å². The molecule has 0 bridgehead atoms. The second kappa shape index (κ2) is 53.7. The van der Waals surface area contributed by atoms with Crippen molar-refractivity contribution >= 4 is 93.5 Å². The van der Waals surface area contributed by atoms with Crippen LogP contribution in [0.4, 0.5) is 0 Å². The zero-order chi connectivity index (χ0) is 83.7. The molecule has 0 saturated carbocycles. The summed E-state index contributed by atoms with van der Waals surface area (Å²) >= 11 is 0. The number of nitrogens with zero attached hydrogens (tertiary/aromatic N) is 1. The second-order valence-electron chi connectivity index (χ2n) is 25.9. The highest BCUT2D eigenvalue weighted by atomic mass is 16.5. The smallest absolute Gasteiger partial charge is 0.305 e. The number of Topliss-reactive ketones (excluding diaryl/α,β-unsaturated/α-hetero) is 1. The van der Waals surface area contributed by atoms with E-state index in [-0.39, 0.29) is 194 Å². The third kappa shape index (κ3) is 38.4. The zero-order valence-electron chi connectivity index (χ0n) is 63.6. The number of aromatic hydroxyl groups is 4. The predicted molar refractivity (Wildman–Crippen MR) is 404 cm³/mol. The Morgan fingerprint density at radius 2 is 0.930 bits per heavy atom. The quantitative estimate of drug-likeness (QED) is 0.0116. The lowest BCUT2D eigenvalue weighted by molar-refractivity contribution is -0.141. The molecule has 115 heavy (non-hydrogen) atoms. The Balaban J connectivity index is 0.881. The first-order valence-corrected chi connectivity index (χ1v) is 37.2. The first kappa shape index (κ1) is 94.4. The largest absolute Gasteiger partial charge is 0.504 e. The van der Waals surface area contributed by atoms with Crippen molar-refractivity contribution in [3.63, 3.8) is 0 Å². The molecule has 12 amide bonds. The van der Waals surface area contributed by atoms with Gasteiger partial charge in [0.15, 0.2) is 28.8 Å². The van der Waals surface area contributed by atoms with Crippen molar-refractivity contribution in [3.05, 3.63) is 95.7 Å². The monoisotopic (exact) mass is 1620 g/mol. The number of benzene rings is 3. The number of hydrogen-bond donors (Lipinski definition) is 17. The minimum atomic E-state index is -1.75. The number of ketones is 1. The lowest BCUT2D eigenvalue weighted by Gasteiger charge is -2.24. The normalized spacial score (nSPS) is 13.1. The molecule has 1 aromatic heterocycles. The fourth-order valence-electron chi connectivity index (χ4n) is 11.0. The van der Waals surface area contributed by atoms with Gasteiger partial charge < -0.3 is 127 Å². The number of nitrogens with two attached hydrogens (primary N) is 1. The molecule has 3 aromatic carbocycles. The number of amides is 12. The van der Waals surface area contributed by atoms with Crippen molar-refractivity contribution < 1.29 is 136 Å². The van der Waals surface area contributed by atoms with Gasteiger partial charge in [0.25, 0.3) is 11.8 Å². The topological polar surface area (TPSA) is 588 Å². The maximum absolute atomic E-state index is 13.8. The number of aliphatic carboxylic acids is 1. The van der Waals surface area contributed by atoms with Gasteiger partial charge in [-0.05, 0) is 85.5 Å². The number of phenolic OH excluding ortho intramolecular Hbond substituents is 4. The number of aliphatic hydroxyl groups excluding tert-OH is 1. The van der Waals surface area contributed by atoms with Crippen LogP contribution >= 0.6 is 0 Å². The summed E-state index contributed by atoms with van der Waals surface area (Å²) in [6.45, 7) is -1.64. The van der Waals surface area contributed by atoms with Gasteiger partial charge in [0, 0.05) is 101 Å². The number of ether oxygens (including phenoxy) is 8.